The Hall–Kier alpha value is -2.30. The maximum atomic E-state index is 12.5. The predicted molar refractivity (Wildman–Crippen MR) is 96.7 cm³/mol. The van der Waals surface area contributed by atoms with E-state index in [1.165, 1.54) is 10.9 Å². The number of rotatable bonds is 7. The van der Waals surface area contributed by atoms with Crippen LogP contribution < -0.4 is 5.32 Å². The van der Waals surface area contributed by atoms with E-state index in [0.717, 1.165) is 11.9 Å². The molecule has 2 N–H and O–H groups in total. The van der Waals surface area contributed by atoms with Crippen LogP contribution in [0, 0.1) is 5.41 Å². The van der Waals surface area contributed by atoms with Gasteiger partial charge in [-0.3, -0.25) is 9.59 Å². The van der Waals surface area contributed by atoms with Crippen molar-refractivity contribution >= 4 is 22.7 Å². The summed E-state index contributed by atoms with van der Waals surface area (Å²) in [6, 6.07) is 8.09. The molecule has 0 bridgehead atoms. The van der Waals surface area contributed by atoms with Crippen LogP contribution in [0.5, 0.6) is 0 Å². The van der Waals surface area contributed by atoms with Gasteiger partial charge in [-0.1, -0.05) is 18.2 Å². The number of para-hydroxylation sites is 1. The zero-order valence-electron chi connectivity index (χ0n) is 15.0. The minimum Gasteiger partial charge on any atom is -0.361 e. The van der Waals surface area contributed by atoms with Gasteiger partial charge in [0.05, 0.1) is 0 Å². The molecule has 0 unspecified atom stereocenters. The molecule has 2 rings (SSSR count). The van der Waals surface area contributed by atoms with Crippen molar-refractivity contribution in [2.24, 2.45) is 5.41 Å². The van der Waals surface area contributed by atoms with E-state index in [0.29, 0.717) is 19.6 Å². The third-order valence-corrected chi connectivity index (χ3v) is 4.51. The molecule has 0 fully saturated rings. The lowest BCUT2D eigenvalue weighted by Gasteiger charge is -2.29. The molecule has 2 aromatic rings. The van der Waals surface area contributed by atoms with Crippen molar-refractivity contribution in [2.45, 2.75) is 34.1 Å². The summed E-state index contributed by atoms with van der Waals surface area (Å²) in [6.45, 7) is 8.96. The van der Waals surface area contributed by atoms with E-state index in [1.807, 2.05) is 38.2 Å². The highest BCUT2D eigenvalue weighted by Crippen LogP contribution is 2.20. The summed E-state index contributed by atoms with van der Waals surface area (Å²) in [6.07, 6.45) is 2.70. The zero-order valence-corrected chi connectivity index (χ0v) is 15.0. The minimum absolute atomic E-state index is 0.128. The average Bonchev–Trinajstić information content (AvgIpc) is 2.99. The van der Waals surface area contributed by atoms with Crippen LogP contribution in [-0.4, -0.2) is 41.3 Å². The number of nitrogens with zero attached hydrogens (tertiary/aromatic N) is 1. The monoisotopic (exact) mass is 329 g/mol. The van der Waals surface area contributed by atoms with Crippen LogP contribution in [0.4, 0.5) is 0 Å². The van der Waals surface area contributed by atoms with Crippen LogP contribution in [0.25, 0.3) is 10.9 Å². The van der Waals surface area contributed by atoms with Gasteiger partial charge < -0.3 is 15.2 Å². The van der Waals surface area contributed by atoms with Gasteiger partial charge in [0, 0.05) is 36.7 Å². The summed E-state index contributed by atoms with van der Waals surface area (Å²) in [5.74, 6) is -0.351. The van der Waals surface area contributed by atoms with Crippen LogP contribution in [0.2, 0.25) is 0 Å². The number of carbonyl (C=O) groups excluding carboxylic acids is 2. The first-order valence-corrected chi connectivity index (χ1v) is 8.54. The second kappa shape index (κ2) is 7.51. The van der Waals surface area contributed by atoms with E-state index in [9.17, 15) is 9.59 Å². The fourth-order valence-corrected chi connectivity index (χ4v) is 2.87. The molecular formula is C19H27N3O2. The standard InChI is InChI=1S/C19H27N3O2/c1-5-22(6-2)18(24)19(3,4)17(23)20-12-11-14-13-21-16-10-8-7-9-15(14)16/h7-10,13,21H,5-6,11-12H2,1-4H3,(H,20,23). The highest BCUT2D eigenvalue weighted by atomic mass is 16.2. The molecule has 24 heavy (non-hydrogen) atoms. The molecule has 0 radical (unpaired) electrons. The van der Waals surface area contributed by atoms with Crippen LogP contribution in [0.1, 0.15) is 33.3 Å². The van der Waals surface area contributed by atoms with Crippen molar-refractivity contribution in [2.75, 3.05) is 19.6 Å². The molecule has 1 aromatic carbocycles. The number of fused-ring (bicyclic) bond motifs is 1. The van der Waals surface area contributed by atoms with Gasteiger partial charge >= 0.3 is 0 Å². The number of amides is 2. The molecule has 5 heteroatoms. The lowest BCUT2D eigenvalue weighted by molar-refractivity contribution is -0.148. The van der Waals surface area contributed by atoms with Crippen LogP contribution >= 0.6 is 0 Å². The largest absolute Gasteiger partial charge is 0.361 e. The second-order valence-corrected chi connectivity index (χ2v) is 6.47. The van der Waals surface area contributed by atoms with Crippen molar-refractivity contribution < 1.29 is 9.59 Å². The summed E-state index contributed by atoms with van der Waals surface area (Å²) in [5, 5.41) is 4.08. The summed E-state index contributed by atoms with van der Waals surface area (Å²) in [4.78, 5) is 29.9. The van der Waals surface area contributed by atoms with Gasteiger partial charge in [-0.2, -0.15) is 0 Å². The maximum Gasteiger partial charge on any atom is 0.237 e. The maximum absolute atomic E-state index is 12.5. The zero-order chi connectivity index (χ0) is 17.7. The first-order chi connectivity index (χ1) is 11.4. The van der Waals surface area contributed by atoms with E-state index in [1.54, 1.807) is 18.7 Å². The van der Waals surface area contributed by atoms with Crippen molar-refractivity contribution in [1.29, 1.82) is 0 Å². The Morgan fingerprint density at radius 3 is 2.50 bits per heavy atom. The molecule has 2 amide bonds. The van der Waals surface area contributed by atoms with Gasteiger partial charge in [-0.15, -0.1) is 0 Å². The van der Waals surface area contributed by atoms with Crippen molar-refractivity contribution in [3.63, 3.8) is 0 Å². The fraction of sp³-hybridized carbons (Fsp3) is 0.474. The number of carbonyl (C=O) groups is 2. The molecule has 0 spiro atoms. The van der Waals surface area contributed by atoms with Gasteiger partial charge in [-0.25, -0.2) is 0 Å². The molecule has 0 saturated heterocycles. The minimum atomic E-state index is -1.05. The van der Waals surface area contributed by atoms with Crippen LogP contribution in [0.15, 0.2) is 30.5 Å². The quantitative estimate of drug-likeness (QED) is 0.767. The van der Waals surface area contributed by atoms with Gasteiger partial charge in [0.1, 0.15) is 5.41 Å². The summed E-state index contributed by atoms with van der Waals surface area (Å²) in [5.41, 5.74) is 1.21. The summed E-state index contributed by atoms with van der Waals surface area (Å²) in [7, 11) is 0. The first kappa shape index (κ1) is 18.0. The number of hydrogen-bond acceptors (Lipinski definition) is 2. The Balaban J connectivity index is 1.96. The SMILES string of the molecule is CCN(CC)C(=O)C(C)(C)C(=O)NCCc1c[nH]c2ccccc12. The Morgan fingerprint density at radius 1 is 1.17 bits per heavy atom. The van der Waals surface area contributed by atoms with Gasteiger partial charge in [0.25, 0.3) is 0 Å². The molecule has 5 nitrogen and oxygen atoms in total. The molecule has 0 atom stereocenters. The predicted octanol–water partition coefficient (Wildman–Crippen LogP) is 2.72. The van der Waals surface area contributed by atoms with Crippen molar-refractivity contribution in [3.05, 3.63) is 36.0 Å². The van der Waals surface area contributed by atoms with Gasteiger partial charge in [0.2, 0.25) is 11.8 Å². The fourth-order valence-electron chi connectivity index (χ4n) is 2.87. The van der Waals surface area contributed by atoms with E-state index in [2.05, 4.69) is 16.4 Å². The molecule has 0 aliphatic carbocycles. The van der Waals surface area contributed by atoms with E-state index >= 15 is 0 Å². The Morgan fingerprint density at radius 2 is 1.83 bits per heavy atom. The molecule has 1 aromatic heterocycles. The summed E-state index contributed by atoms with van der Waals surface area (Å²) >= 11 is 0. The Kier molecular flexibility index (Phi) is 5.65. The van der Waals surface area contributed by atoms with E-state index in [4.69, 9.17) is 0 Å². The van der Waals surface area contributed by atoms with E-state index < -0.39 is 5.41 Å². The van der Waals surface area contributed by atoms with Crippen molar-refractivity contribution in [3.8, 4) is 0 Å². The molecule has 130 valence electrons. The number of benzene rings is 1. The first-order valence-electron chi connectivity index (χ1n) is 8.54. The lowest BCUT2D eigenvalue weighted by atomic mass is 9.90. The third-order valence-electron chi connectivity index (χ3n) is 4.51. The van der Waals surface area contributed by atoms with Gasteiger partial charge in [0.15, 0.2) is 0 Å². The van der Waals surface area contributed by atoms with E-state index in [-0.39, 0.29) is 11.8 Å². The highest BCUT2D eigenvalue weighted by molar-refractivity contribution is 6.04. The average molecular weight is 329 g/mol. The topological polar surface area (TPSA) is 65.2 Å². The number of aromatic amines is 1. The highest BCUT2D eigenvalue weighted by Gasteiger charge is 2.38. The summed E-state index contributed by atoms with van der Waals surface area (Å²) < 4.78 is 0. The molecule has 0 aliphatic heterocycles. The third kappa shape index (κ3) is 3.61. The van der Waals surface area contributed by atoms with Crippen LogP contribution in [0.3, 0.4) is 0 Å². The number of aromatic nitrogens is 1. The Bertz CT molecular complexity index is 714. The molecular weight excluding hydrogens is 302 g/mol. The lowest BCUT2D eigenvalue weighted by Crippen LogP contribution is -2.49. The van der Waals surface area contributed by atoms with Crippen molar-refractivity contribution in [1.82, 2.24) is 15.2 Å². The number of hydrogen-bond donors (Lipinski definition) is 2. The number of H-pyrrole nitrogens is 1. The molecule has 0 aliphatic rings. The van der Waals surface area contributed by atoms with Gasteiger partial charge in [-0.05, 0) is 45.7 Å². The Labute approximate surface area is 143 Å². The van der Waals surface area contributed by atoms with Crippen LogP contribution in [-0.2, 0) is 16.0 Å². The molecule has 0 saturated carbocycles. The molecule has 1 heterocycles. The normalized spacial score (nSPS) is 11.5. The second-order valence-electron chi connectivity index (χ2n) is 6.47. The number of nitrogens with one attached hydrogen (secondary N) is 2. The smallest absolute Gasteiger partial charge is 0.237 e.